The highest BCUT2D eigenvalue weighted by molar-refractivity contribution is 4.83. The molecule has 0 spiro atoms. The lowest BCUT2D eigenvalue weighted by atomic mass is 10.5. The van der Waals surface area contributed by atoms with E-state index in [0.717, 1.165) is 13.0 Å². The molecule has 0 saturated heterocycles. The molecule has 2 heteroatoms. The van der Waals surface area contributed by atoms with E-state index in [4.69, 9.17) is 4.74 Å². The van der Waals surface area contributed by atoms with Crippen molar-refractivity contribution in [3.05, 3.63) is 30.6 Å². The second kappa shape index (κ2) is 4.85. The summed E-state index contributed by atoms with van der Waals surface area (Å²) in [6, 6.07) is 5.99. The summed E-state index contributed by atoms with van der Waals surface area (Å²) in [7, 11) is 0. The van der Waals surface area contributed by atoms with Gasteiger partial charge in [0.15, 0.2) is 12.4 Å². The molecule has 1 heterocycles. The third-order valence-electron chi connectivity index (χ3n) is 1.37. The van der Waals surface area contributed by atoms with Gasteiger partial charge in [-0.05, 0) is 6.42 Å². The van der Waals surface area contributed by atoms with Crippen LogP contribution in [-0.2, 0) is 11.5 Å². The largest absolute Gasteiger partial charge is 0.323 e. The van der Waals surface area contributed by atoms with Gasteiger partial charge in [0, 0.05) is 12.1 Å². The smallest absolute Gasteiger partial charge is 0.252 e. The van der Waals surface area contributed by atoms with Gasteiger partial charge in [-0.1, -0.05) is 13.0 Å². The van der Waals surface area contributed by atoms with Crippen LogP contribution in [0.25, 0.3) is 0 Å². The SMILES string of the molecule is CCCOC[n+]1ccccc1. The van der Waals surface area contributed by atoms with Gasteiger partial charge in [-0.25, -0.2) is 0 Å². The van der Waals surface area contributed by atoms with Crippen molar-refractivity contribution in [3.8, 4) is 0 Å². The van der Waals surface area contributed by atoms with Crippen molar-refractivity contribution in [3.63, 3.8) is 0 Å². The Labute approximate surface area is 67.4 Å². The summed E-state index contributed by atoms with van der Waals surface area (Å²) in [5.74, 6) is 0. The minimum Gasteiger partial charge on any atom is -0.323 e. The van der Waals surface area contributed by atoms with E-state index in [2.05, 4.69) is 6.92 Å². The fourth-order valence-electron chi connectivity index (χ4n) is 0.835. The third kappa shape index (κ3) is 3.14. The van der Waals surface area contributed by atoms with E-state index in [0.29, 0.717) is 6.73 Å². The van der Waals surface area contributed by atoms with Crippen LogP contribution >= 0.6 is 0 Å². The van der Waals surface area contributed by atoms with E-state index in [1.165, 1.54) is 0 Å². The monoisotopic (exact) mass is 152 g/mol. The maximum absolute atomic E-state index is 5.33. The highest BCUT2D eigenvalue weighted by atomic mass is 16.5. The van der Waals surface area contributed by atoms with Crippen LogP contribution in [0.2, 0.25) is 0 Å². The summed E-state index contributed by atoms with van der Waals surface area (Å²) < 4.78 is 7.34. The fraction of sp³-hybridized carbons (Fsp3) is 0.444. The Kier molecular flexibility index (Phi) is 3.62. The topological polar surface area (TPSA) is 13.1 Å². The van der Waals surface area contributed by atoms with Crippen molar-refractivity contribution in [2.45, 2.75) is 20.1 Å². The summed E-state index contributed by atoms with van der Waals surface area (Å²) in [6.07, 6.45) is 5.07. The fourth-order valence-corrected chi connectivity index (χ4v) is 0.835. The van der Waals surface area contributed by atoms with E-state index in [-0.39, 0.29) is 0 Å². The molecule has 0 aliphatic heterocycles. The first-order valence-electron chi connectivity index (χ1n) is 3.95. The highest BCUT2D eigenvalue weighted by Gasteiger charge is 1.94. The molecule has 0 aromatic carbocycles. The Hall–Kier alpha value is -0.890. The molecule has 0 N–H and O–H groups in total. The van der Waals surface area contributed by atoms with Crippen LogP contribution in [0.3, 0.4) is 0 Å². The Bertz CT molecular complexity index is 186. The molecule has 60 valence electrons. The van der Waals surface area contributed by atoms with Crippen LogP contribution in [-0.4, -0.2) is 6.61 Å². The Morgan fingerprint density at radius 1 is 1.18 bits per heavy atom. The molecule has 0 atom stereocenters. The standard InChI is InChI=1S/C9H14NO/c1-2-8-11-9-10-6-4-3-5-7-10/h3-7H,2,8-9H2,1H3/q+1. The first kappa shape index (κ1) is 8.21. The van der Waals surface area contributed by atoms with Crippen LogP contribution in [0.5, 0.6) is 0 Å². The second-order valence-corrected chi connectivity index (χ2v) is 2.43. The molecule has 0 unspecified atom stereocenters. The van der Waals surface area contributed by atoms with E-state index >= 15 is 0 Å². The number of nitrogens with zero attached hydrogens (tertiary/aromatic N) is 1. The minimum absolute atomic E-state index is 0.661. The van der Waals surface area contributed by atoms with Crippen LogP contribution < -0.4 is 4.57 Å². The summed E-state index contributed by atoms with van der Waals surface area (Å²) in [4.78, 5) is 0. The third-order valence-corrected chi connectivity index (χ3v) is 1.37. The Morgan fingerprint density at radius 2 is 1.91 bits per heavy atom. The lowest BCUT2D eigenvalue weighted by molar-refractivity contribution is -0.732. The molecule has 0 fully saturated rings. The van der Waals surface area contributed by atoms with Crippen LogP contribution in [0, 0.1) is 0 Å². The lowest BCUT2D eigenvalue weighted by Gasteiger charge is -1.96. The average molecular weight is 152 g/mol. The van der Waals surface area contributed by atoms with Crippen molar-refractivity contribution in [2.75, 3.05) is 6.61 Å². The molecule has 0 radical (unpaired) electrons. The van der Waals surface area contributed by atoms with Gasteiger partial charge in [-0.15, -0.1) is 0 Å². The molecule has 0 bridgehead atoms. The summed E-state index contributed by atoms with van der Waals surface area (Å²) >= 11 is 0. The number of hydrogen-bond acceptors (Lipinski definition) is 1. The maximum Gasteiger partial charge on any atom is 0.252 e. The Morgan fingerprint density at radius 3 is 2.55 bits per heavy atom. The normalized spacial score (nSPS) is 9.91. The van der Waals surface area contributed by atoms with Gasteiger partial charge >= 0.3 is 0 Å². The van der Waals surface area contributed by atoms with Gasteiger partial charge in [0.05, 0.1) is 6.61 Å². The Balaban J connectivity index is 2.28. The van der Waals surface area contributed by atoms with Gasteiger partial charge in [0.2, 0.25) is 0 Å². The van der Waals surface area contributed by atoms with E-state index in [1.807, 2.05) is 35.2 Å². The predicted octanol–water partition coefficient (Wildman–Crippen LogP) is 1.36. The van der Waals surface area contributed by atoms with Crippen molar-refractivity contribution < 1.29 is 9.30 Å². The molecular formula is C9H14NO+. The molecule has 0 amide bonds. The van der Waals surface area contributed by atoms with Crippen molar-refractivity contribution in [2.24, 2.45) is 0 Å². The summed E-state index contributed by atoms with van der Waals surface area (Å²) in [6.45, 7) is 3.60. The zero-order valence-corrected chi connectivity index (χ0v) is 6.86. The highest BCUT2D eigenvalue weighted by Crippen LogP contribution is 1.81. The van der Waals surface area contributed by atoms with Crippen molar-refractivity contribution in [1.29, 1.82) is 0 Å². The van der Waals surface area contributed by atoms with Gasteiger partial charge in [-0.2, -0.15) is 4.57 Å². The van der Waals surface area contributed by atoms with Gasteiger partial charge in [0.25, 0.3) is 6.73 Å². The van der Waals surface area contributed by atoms with Gasteiger partial charge in [0.1, 0.15) is 0 Å². The quantitative estimate of drug-likeness (QED) is 0.469. The molecule has 1 rings (SSSR count). The first-order chi connectivity index (χ1) is 5.43. The van der Waals surface area contributed by atoms with Crippen LogP contribution in [0.4, 0.5) is 0 Å². The number of aromatic nitrogens is 1. The van der Waals surface area contributed by atoms with Crippen molar-refractivity contribution in [1.82, 2.24) is 0 Å². The predicted molar refractivity (Wildman–Crippen MR) is 42.9 cm³/mol. The molecule has 0 aliphatic carbocycles. The minimum atomic E-state index is 0.661. The zero-order chi connectivity index (χ0) is 7.94. The molecule has 0 aliphatic rings. The molecule has 1 aromatic heterocycles. The number of pyridine rings is 1. The van der Waals surface area contributed by atoms with Gasteiger partial charge < -0.3 is 4.74 Å². The maximum atomic E-state index is 5.33. The molecule has 1 aromatic rings. The molecular weight excluding hydrogens is 138 g/mol. The molecule has 0 saturated carbocycles. The van der Waals surface area contributed by atoms with E-state index in [1.54, 1.807) is 0 Å². The lowest BCUT2D eigenvalue weighted by Crippen LogP contribution is -2.33. The zero-order valence-electron chi connectivity index (χ0n) is 6.86. The summed E-state index contributed by atoms with van der Waals surface area (Å²) in [5, 5.41) is 0. The van der Waals surface area contributed by atoms with Gasteiger partial charge in [-0.3, -0.25) is 0 Å². The first-order valence-corrected chi connectivity index (χ1v) is 3.95. The van der Waals surface area contributed by atoms with Crippen LogP contribution in [0.15, 0.2) is 30.6 Å². The van der Waals surface area contributed by atoms with Crippen LogP contribution in [0.1, 0.15) is 13.3 Å². The average Bonchev–Trinajstić information content (AvgIpc) is 2.07. The van der Waals surface area contributed by atoms with Crippen molar-refractivity contribution >= 4 is 0 Å². The summed E-state index contributed by atoms with van der Waals surface area (Å²) in [5.41, 5.74) is 0. The molecule has 2 nitrogen and oxygen atoms in total. The number of hydrogen-bond donors (Lipinski definition) is 0. The number of rotatable bonds is 4. The number of ether oxygens (including phenoxy) is 1. The van der Waals surface area contributed by atoms with E-state index < -0.39 is 0 Å². The van der Waals surface area contributed by atoms with E-state index in [9.17, 15) is 0 Å². The molecule has 11 heavy (non-hydrogen) atoms. The second-order valence-electron chi connectivity index (χ2n) is 2.43.